The lowest BCUT2D eigenvalue weighted by Crippen LogP contribution is -2.10. The van der Waals surface area contributed by atoms with Crippen molar-refractivity contribution in [2.75, 3.05) is 5.32 Å². The van der Waals surface area contributed by atoms with E-state index in [0.29, 0.717) is 5.92 Å². The van der Waals surface area contributed by atoms with Crippen molar-refractivity contribution in [3.05, 3.63) is 29.2 Å². The third kappa shape index (κ3) is 4.09. The Balaban J connectivity index is 2.03. The molecule has 5 heteroatoms. The van der Waals surface area contributed by atoms with Crippen molar-refractivity contribution in [3.8, 4) is 0 Å². The Morgan fingerprint density at radius 3 is 2.57 bits per heavy atom. The Morgan fingerprint density at radius 1 is 1.14 bits per heavy atom. The van der Waals surface area contributed by atoms with E-state index in [-0.39, 0.29) is 0 Å². The summed E-state index contributed by atoms with van der Waals surface area (Å²) in [6.07, 6.45) is 1.09. The molecule has 0 bridgehead atoms. The zero-order valence-electron chi connectivity index (χ0n) is 13.8. The third-order valence-electron chi connectivity index (χ3n) is 3.39. The smallest absolute Gasteiger partial charge is 0.148 e. The number of aryl methyl sites for hydroxylation is 3. The molecule has 0 aliphatic carbocycles. The van der Waals surface area contributed by atoms with Gasteiger partial charge < -0.3 is 5.32 Å². The summed E-state index contributed by atoms with van der Waals surface area (Å²) in [6, 6.07) is 4.25. The molecule has 2 aromatic rings. The Bertz CT molecular complexity index is 580. The van der Waals surface area contributed by atoms with Crippen molar-refractivity contribution in [2.45, 2.75) is 60.7 Å². The molecule has 0 radical (unpaired) electrons. The van der Waals surface area contributed by atoms with Gasteiger partial charge in [-0.2, -0.15) is 10.2 Å². The van der Waals surface area contributed by atoms with E-state index in [1.54, 1.807) is 0 Å². The van der Waals surface area contributed by atoms with Crippen LogP contribution in [0.2, 0.25) is 0 Å². The summed E-state index contributed by atoms with van der Waals surface area (Å²) in [5.41, 5.74) is 3.48. The Labute approximate surface area is 127 Å². The fourth-order valence-corrected chi connectivity index (χ4v) is 2.46. The molecule has 0 aliphatic rings. The molecule has 1 N–H and O–H groups in total. The maximum atomic E-state index is 4.62. The SMILES string of the molecule is CCCn1nc(C)cc1CNc1cc(C)n(CC(C)C)n1. The lowest BCUT2D eigenvalue weighted by Gasteiger charge is -2.08. The molecule has 2 rings (SSSR count). The van der Waals surface area contributed by atoms with Gasteiger partial charge in [-0.1, -0.05) is 20.8 Å². The van der Waals surface area contributed by atoms with Gasteiger partial charge in [-0.15, -0.1) is 0 Å². The van der Waals surface area contributed by atoms with Crippen LogP contribution in [0.3, 0.4) is 0 Å². The predicted molar refractivity (Wildman–Crippen MR) is 86.4 cm³/mol. The molecule has 0 unspecified atom stereocenters. The van der Waals surface area contributed by atoms with Gasteiger partial charge in [-0.25, -0.2) is 0 Å². The van der Waals surface area contributed by atoms with E-state index in [9.17, 15) is 0 Å². The molecule has 0 aliphatic heterocycles. The largest absolute Gasteiger partial charge is 0.363 e. The van der Waals surface area contributed by atoms with Gasteiger partial charge in [0.1, 0.15) is 5.82 Å². The highest BCUT2D eigenvalue weighted by atomic mass is 15.3. The zero-order valence-corrected chi connectivity index (χ0v) is 13.8. The van der Waals surface area contributed by atoms with Gasteiger partial charge in [-0.3, -0.25) is 9.36 Å². The number of anilines is 1. The van der Waals surface area contributed by atoms with Crippen LogP contribution in [0, 0.1) is 19.8 Å². The number of aromatic nitrogens is 4. The van der Waals surface area contributed by atoms with E-state index in [0.717, 1.165) is 37.6 Å². The van der Waals surface area contributed by atoms with E-state index in [4.69, 9.17) is 0 Å². The van der Waals surface area contributed by atoms with E-state index in [1.807, 2.05) is 6.92 Å². The summed E-state index contributed by atoms with van der Waals surface area (Å²) < 4.78 is 4.15. The molecule has 0 atom stereocenters. The lowest BCUT2D eigenvalue weighted by molar-refractivity contribution is 0.475. The number of hydrogen-bond donors (Lipinski definition) is 1. The summed E-state index contributed by atoms with van der Waals surface area (Å²) in [5.74, 6) is 1.54. The quantitative estimate of drug-likeness (QED) is 0.850. The minimum Gasteiger partial charge on any atom is -0.363 e. The number of rotatable bonds is 7. The van der Waals surface area contributed by atoms with Crippen LogP contribution in [0.1, 0.15) is 44.3 Å². The fraction of sp³-hybridized carbons (Fsp3) is 0.625. The van der Waals surface area contributed by atoms with E-state index >= 15 is 0 Å². The second kappa shape index (κ2) is 6.78. The number of hydrogen-bond acceptors (Lipinski definition) is 3. The summed E-state index contributed by atoms with van der Waals surface area (Å²) in [6.45, 7) is 13.4. The van der Waals surface area contributed by atoms with Crippen LogP contribution in [0.15, 0.2) is 12.1 Å². The molecule has 0 fully saturated rings. The molecular formula is C16H27N5. The van der Waals surface area contributed by atoms with Crippen molar-refractivity contribution in [2.24, 2.45) is 5.92 Å². The van der Waals surface area contributed by atoms with Crippen molar-refractivity contribution in [1.29, 1.82) is 0 Å². The average Bonchev–Trinajstić information content (AvgIpc) is 2.91. The Kier molecular flexibility index (Phi) is 5.04. The minimum absolute atomic E-state index is 0.602. The van der Waals surface area contributed by atoms with Crippen molar-refractivity contribution in [3.63, 3.8) is 0 Å². The Hall–Kier alpha value is -1.78. The summed E-state index contributed by atoms with van der Waals surface area (Å²) >= 11 is 0. The molecule has 2 heterocycles. The van der Waals surface area contributed by atoms with Gasteiger partial charge in [0.2, 0.25) is 0 Å². The van der Waals surface area contributed by atoms with E-state index in [1.165, 1.54) is 11.4 Å². The van der Waals surface area contributed by atoms with Gasteiger partial charge >= 0.3 is 0 Å². The van der Waals surface area contributed by atoms with Gasteiger partial charge in [0, 0.05) is 24.8 Å². The normalized spacial score (nSPS) is 11.3. The van der Waals surface area contributed by atoms with Crippen molar-refractivity contribution in [1.82, 2.24) is 19.6 Å². The highest BCUT2D eigenvalue weighted by Gasteiger charge is 2.08. The first kappa shape index (κ1) is 15.6. The number of nitrogens with one attached hydrogen (secondary N) is 1. The van der Waals surface area contributed by atoms with Crippen LogP contribution in [-0.2, 0) is 19.6 Å². The van der Waals surface area contributed by atoms with Gasteiger partial charge in [0.15, 0.2) is 0 Å². The van der Waals surface area contributed by atoms with Crippen molar-refractivity contribution < 1.29 is 0 Å². The topological polar surface area (TPSA) is 47.7 Å². The second-order valence-electron chi connectivity index (χ2n) is 6.10. The van der Waals surface area contributed by atoms with Crippen LogP contribution in [0.25, 0.3) is 0 Å². The third-order valence-corrected chi connectivity index (χ3v) is 3.39. The molecule has 116 valence electrons. The Morgan fingerprint density at radius 2 is 1.90 bits per heavy atom. The summed E-state index contributed by atoms with van der Waals surface area (Å²) in [4.78, 5) is 0. The first-order valence-corrected chi connectivity index (χ1v) is 7.81. The van der Waals surface area contributed by atoms with Crippen LogP contribution < -0.4 is 5.32 Å². The monoisotopic (exact) mass is 289 g/mol. The minimum atomic E-state index is 0.602. The van der Waals surface area contributed by atoms with Crippen LogP contribution in [0.4, 0.5) is 5.82 Å². The molecule has 21 heavy (non-hydrogen) atoms. The maximum absolute atomic E-state index is 4.62. The van der Waals surface area contributed by atoms with E-state index in [2.05, 4.69) is 64.7 Å². The molecule has 0 saturated heterocycles. The first-order valence-electron chi connectivity index (χ1n) is 7.81. The molecule has 5 nitrogen and oxygen atoms in total. The first-order chi connectivity index (χ1) is 9.99. The maximum Gasteiger partial charge on any atom is 0.148 e. The molecule has 0 amide bonds. The summed E-state index contributed by atoms with van der Waals surface area (Å²) in [7, 11) is 0. The molecule has 2 aromatic heterocycles. The number of nitrogens with zero attached hydrogens (tertiary/aromatic N) is 4. The molecule has 0 aromatic carbocycles. The van der Waals surface area contributed by atoms with Gasteiger partial charge in [0.05, 0.1) is 17.9 Å². The average molecular weight is 289 g/mol. The van der Waals surface area contributed by atoms with E-state index < -0.39 is 0 Å². The van der Waals surface area contributed by atoms with Crippen LogP contribution >= 0.6 is 0 Å². The van der Waals surface area contributed by atoms with Crippen LogP contribution in [0.5, 0.6) is 0 Å². The molecule has 0 spiro atoms. The lowest BCUT2D eigenvalue weighted by atomic mass is 10.2. The molecular weight excluding hydrogens is 262 g/mol. The standard InChI is InChI=1S/C16H27N5/c1-6-7-20-15(8-13(4)18-20)10-17-16-9-14(5)21(19-16)11-12(2)3/h8-9,12H,6-7,10-11H2,1-5H3,(H,17,19). The highest BCUT2D eigenvalue weighted by molar-refractivity contribution is 5.36. The van der Waals surface area contributed by atoms with Crippen molar-refractivity contribution >= 4 is 5.82 Å². The second-order valence-corrected chi connectivity index (χ2v) is 6.10. The fourth-order valence-electron chi connectivity index (χ4n) is 2.46. The predicted octanol–water partition coefficient (Wildman–Crippen LogP) is 3.37. The zero-order chi connectivity index (χ0) is 15.4. The van der Waals surface area contributed by atoms with Crippen LogP contribution in [-0.4, -0.2) is 19.6 Å². The summed E-state index contributed by atoms with van der Waals surface area (Å²) in [5, 5.41) is 12.6. The van der Waals surface area contributed by atoms with Gasteiger partial charge in [0.25, 0.3) is 0 Å². The highest BCUT2D eigenvalue weighted by Crippen LogP contribution is 2.13. The van der Waals surface area contributed by atoms with Gasteiger partial charge in [-0.05, 0) is 32.3 Å². The molecule has 0 saturated carbocycles.